The van der Waals surface area contributed by atoms with Crippen molar-refractivity contribution in [1.29, 1.82) is 0 Å². The van der Waals surface area contributed by atoms with E-state index in [4.69, 9.17) is 0 Å². The number of hydrogen-bond donors (Lipinski definition) is 1. The van der Waals surface area contributed by atoms with Crippen molar-refractivity contribution in [3.63, 3.8) is 0 Å². The van der Waals surface area contributed by atoms with Crippen molar-refractivity contribution in [3.05, 3.63) is 0 Å². The molecule has 1 aliphatic rings. The van der Waals surface area contributed by atoms with Crippen LogP contribution in [0.5, 0.6) is 0 Å². The van der Waals surface area contributed by atoms with Gasteiger partial charge in [0.25, 0.3) is 0 Å². The molecule has 1 aliphatic heterocycles. The van der Waals surface area contributed by atoms with Gasteiger partial charge in [-0.3, -0.25) is 0 Å². The highest BCUT2D eigenvalue weighted by atomic mass is 15.1. The Morgan fingerprint density at radius 1 is 1.23 bits per heavy atom. The molecule has 0 aliphatic carbocycles. The molecule has 0 saturated carbocycles. The number of rotatable bonds is 5. The average Bonchev–Trinajstić information content (AvgIpc) is 2.19. The molecule has 1 heterocycles. The van der Waals surface area contributed by atoms with Crippen LogP contribution in [0, 0.1) is 0 Å². The van der Waals surface area contributed by atoms with E-state index in [1.807, 2.05) is 0 Å². The molecule has 0 radical (unpaired) electrons. The summed E-state index contributed by atoms with van der Waals surface area (Å²) in [6.45, 7) is 5.98. The molecule has 13 heavy (non-hydrogen) atoms. The van der Waals surface area contributed by atoms with Gasteiger partial charge in [0.2, 0.25) is 0 Å². The van der Waals surface area contributed by atoms with Crippen molar-refractivity contribution >= 4 is 0 Å². The van der Waals surface area contributed by atoms with E-state index in [0.29, 0.717) is 0 Å². The molecular weight excluding hydrogens is 160 g/mol. The van der Waals surface area contributed by atoms with Crippen LogP contribution in [-0.4, -0.2) is 37.6 Å². The Balaban J connectivity index is 2.09. The number of unbranched alkanes of at least 4 members (excludes halogenated alkanes) is 2. The molecule has 0 amide bonds. The van der Waals surface area contributed by atoms with Gasteiger partial charge in [0, 0.05) is 6.04 Å². The summed E-state index contributed by atoms with van der Waals surface area (Å²) in [5.41, 5.74) is 0. The monoisotopic (exact) mass is 184 g/mol. The minimum absolute atomic E-state index is 0.845. The fraction of sp³-hybridized carbons (Fsp3) is 1.00. The van der Waals surface area contributed by atoms with Crippen molar-refractivity contribution < 1.29 is 0 Å². The number of nitrogens with zero attached hydrogens (tertiary/aromatic N) is 1. The summed E-state index contributed by atoms with van der Waals surface area (Å²) in [5.74, 6) is 0. The van der Waals surface area contributed by atoms with E-state index in [1.54, 1.807) is 0 Å². The Bertz CT molecular complexity index is 119. The van der Waals surface area contributed by atoms with Crippen molar-refractivity contribution in [3.8, 4) is 0 Å². The second kappa shape index (κ2) is 6.39. The minimum Gasteiger partial charge on any atom is -0.317 e. The third-order valence-electron chi connectivity index (χ3n) is 3.05. The van der Waals surface area contributed by atoms with Gasteiger partial charge in [0.15, 0.2) is 0 Å². The van der Waals surface area contributed by atoms with Gasteiger partial charge in [0.05, 0.1) is 0 Å². The number of nitrogens with one attached hydrogen (secondary N) is 1. The zero-order valence-corrected chi connectivity index (χ0v) is 9.18. The molecule has 0 unspecified atom stereocenters. The molecule has 0 aromatic rings. The molecule has 1 fully saturated rings. The second-order valence-corrected chi connectivity index (χ2v) is 4.17. The third-order valence-corrected chi connectivity index (χ3v) is 3.05. The molecule has 0 atom stereocenters. The van der Waals surface area contributed by atoms with E-state index in [2.05, 4.69) is 24.2 Å². The van der Waals surface area contributed by atoms with Gasteiger partial charge < -0.3 is 10.2 Å². The SMILES string of the molecule is CCCCCN(C)C1CCNCC1. The maximum absolute atomic E-state index is 3.41. The zero-order chi connectivity index (χ0) is 9.52. The highest BCUT2D eigenvalue weighted by Gasteiger charge is 2.16. The summed E-state index contributed by atoms with van der Waals surface area (Å²) in [6, 6.07) is 0.845. The van der Waals surface area contributed by atoms with Gasteiger partial charge in [-0.25, -0.2) is 0 Å². The van der Waals surface area contributed by atoms with Crippen LogP contribution in [0.25, 0.3) is 0 Å². The molecule has 1 rings (SSSR count). The standard InChI is InChI=1S/C11H24N2/c1-3-4-5-10-13(2)11-6-8-12-9-7-11/h11-12H,3-10H2,1-2H3. The predicted molar refractivity (Wildman–Crippen MR) is 58.0 cm³/mol. The molecule has 0 bridgehead atoms. The summed E-state index contributed by atoms with van der Waals surface area (Å²) < 4.78 is 0. The van der Waals surface area contributed by atoms with Gasteiger partial charge in [-0.1, -0.05) is 19.8 Å². The number of piperidine rings is 1. The molecule has 1 saturated heterocycles. The summed E-state index contributed by atoms with van der Waals surface area (Å²) in [5, 5.41) is 3.41. The van der Waals surface area contributed by atoms with E-state index in [-0.39, 0.29) is 0 Å². The highest BCUT2D eigenvalue weighted by Crippen LogP contribution is 2.10. The first-order valence-electron chi connectivity index (χ1n) is 5.75. The lowest BCUT2D eigenvalue weighted by molar-refractivity contribution is 0.196. The fourth-order valence-electron chi connectivity index (χ4n) is 2.04. The van der Waals surface area contributed by atoms with E-state index >= 15 is 0 Å². The lowest BCUT2D eigenvalue weighted by Crippen LogP contribution is -2.41. The molecule has 1 N–H and O–H groups in total. The summed E-state index contributed by atoms with van der Waals surface area (Å²) in [4.78, 5) is 2.55. The van der Waals surface area contributed by atoms with Crippen LogP contribution in [0.15, 0.2) is 0 Å². The van der Waals surface area contributed by atoms with Gasteiger partial charge in [-0.15, -0.1) is 0 Å². The van der Waals surface area contributed by atoms with Crippen LogP contribution in [0.1, 0.15) is 39.0 Å². The van der Waals surface area contributed by atoms with Gasteiger partial charge >= 0.3 is 0 Å². The van der Waals surface area contributed by atoms with Crippen LogP contribution in [-0.2, 0) is 0 Å². The highest BCUT2D eigenvalue weighted by molar-refractivity contribution is 4.75. The molecule has 78 valence electrons. The lowest BCUT2D eigenvalue weighted by atomic mass is 10.1. The third kappa shape index (κ3) is 4.10. The summed E-state index contributed by atoms with van der Waals surface area (Å²) in [6.07, 6.45) is 6.76. The maximum atomic E-state index is 3.41. The zero-order valence-electron chi connectivity index (χ0n) is 9.18. The van der Waals surface area contributed by atoms with Crippen LogP contribution in [0.3, 0.4) is 0 Å². The molecule has 2 nitrogen and oxygen atoms in total. The topological polar surface area (TPSA) is 15.3 Å². The molecule has 2 heteroatoms. The van der Waals surface area contributed by atoms with Crippen LogP contribution < -0.4 is 5.32 Å². The van der Waals surface area contributed by atoms with Gasteiger partial charge in [0.1, 0.15) is 0 Å². The van der Waals surface area contributed by atoms with Crippen LogP contribution in [0.2, 0.25) is 0 Å². The van der Waals surface area contributed by atoms with Crippen molar-refractivity contribution in [1.82, 2.24) is 10.2 Å². The number of hydrogen-bond acceptors (Lipinski definition) is 2. The Labute approximate surface area is 82.7 Å². The lowest BCUT2D eigenvalue weighted by Gasteiger charge is -2.31. The normalized spacial score (nSPS) is 19.6. The first kappa shape index (κ1) is 11.0. The van der Waals surface area contributed by atoms with Gasteiger partial charge in [-0.2, -0.15) is 0 Å². The molecule has 0 spiro atoms. The largest absolute Gasteiger partial charge is 0.317 e. The van der Waals surface area contributed by atoms with Crippen LogP contribution >= 0.6 is 0 Å². The second-order valence-electron chi connectivity index (χ2n) is 4.17. The first-order chi connectivity index (χ1) is 6.34. The van der Waals surface area contributed by atoms with Crippen molar-refractivity contribution in [2.24, 2.45) is 0 Å². The van der Waals surface area contributed by atoms with Gasteiger partial charge in [-0.05, 0) is 45.9 Å². The minimum atomic E-state index is 0.845. The van der Waals surface area contributed by atoms with E-state index < -0.39 is 0 Å². The molecule has 0 aromatic carbocycles. The molecular formula is C11H24N2. The summed E-state index contributed by atoms with van der Waals surface area (Å²) >= 11 is 0. The Hall–Kier alpha value is -0.0800. The first-order valence-corrected chi connectivity index (χ1v) is 5.75. The van der Waals surface area contributed by atoms with E-state index in [1.165, 1.54) is 51.7 Å². The quantitative estimate of drug-likeness (QED) is 0.656. The van der Waals surface area contributed by atoms with Crippen molar-refractivity contribution in [2.75, 3.05) is 26.7 Å². The van der Waals surface area contributed by atoms with E-state index in [9.17, 15) is 0 Å². The smallest absolute Gasteiger partial charge is 0.0116 e. The fourth-order valence-corrected chi connectivity index (χ4v) is 2.04. The Morgan fingerprint density at radius 3 is 2.54 bits per heavy atom. The Kier molecular flexibility index (Phi) is 5.40. The summed E-state index contributed by atoms with van der Waals surface area (Å²) in [7, 11) is 2.28. The average molecular weight is 184 g/mol. The predicted octanol–water partition coefficient (Wildman–Crippen LogP) is 1.86. The molecule has 0 aromatic heterocycles. The Morgan fingerprint density at radius 2 is 1.92 bits per heavy atom. The van der Waals surface area contributed by atoms with Crippen LogP contribution in [0.4, 0.5) is 0 Å². The maximum Gasteiger partial charge on any atom is 0.0116 e. The van der Waals surface area contributed by atoms with Crippen molar-refractivity contribution in [2.45, 2.75) is 45.1 Å². The van der Waals surface area contributed by atoms with E-state index in [0.717, 1.165) is 6.04 Å².